The molecule has 2 heterocycles. The van der Waals surface area contributed by atoms with E-state index >= 15 is 0 Å². The molecule has 4 rings (SSSR count). The molecule has 0 saturated heterocycles. The number of fused-ring (bicyclic) bond motifs is 3. The Hall–Kier alpha value is -3.00. The van der Waals surface area contributed by atoms with Gasteiger partial charge in [0.15, 0.2) is 11.0 Å². The van der Waals surface area contributed by atoms with E-state index in [-0.39, 0.29) is 17.2 Å². The zero-order chi connectivity index (χ0) is 22.7. The summed E-state index contributed by atoms with van der Waals surface area (Å²) in [5, 5.41) is 12.5. The van der Waals surface area contributed by atoms with Crippen molar-refractivity contribution in [3.8, 4) is 22.9 Å². The van der Waals surface area contributed by atoms with Gasteiger partial charge in [0, 0.05) is 17.2 Å². The first-order chi connectivity index (χ1) is 15.4. The van der Waals surface area contributed by atoms with E-state index in [1.165, 1.54) is 17.3 Å². The van der Waals surface area contributed by atoms with Crippen LogP contribution in [0.5, 0.6) is 11.5 Å². The molecule has 168 valence electrons. The first-order valence-corrected chi connectivity index (χ1v) is 11.8. The van der Waals surface area contributed by atoms with E-state index in [9.17, 15) is 4.79 Å². The minimum Gasteiger partial charge on any atom is -0.494 e. The van der Waals surface area contributed by atoms with Gasteiger partial charge in [0.2, 0.25) is 5.91 Å². The predicted molar refractivity (Wildman–Crippen MR) is 127 cm³/mol. The standard InChI is InChI=1S/C24H28N4O3S/c1-5-30-17-11-12-19(20(13-17)31-6-2)25-21(29)15-32-23-27-26-22-18-10-8-7-9-16(18)14-24(3,4)28(22)23/h7-13H,5-6,14-15H2,1-4H3,(H,25,29). The van der Waals surface area contributed by atoms with Crippen LogP contribution in [0.3, 0.4) is 0 Å². The molecule has 1 aliphatic heterocycles. The average Bonchev–Trinajstić information content (AvgIpc) is 3.20. The smallest absolute Gasteiger partial charge is 0.234 e. The number of nitrogens with zero attached hydrogens (tertiary/aromatic N) is 3. The van der Waals surface area contributed by atoms with Crippen LogP contribution in [0.25, 0.3) is 11.4 Å². The Morgan fingerprint density at radius 1 is 1.12 bits per heavy atom. The molecule has 7 nitrogen and oxygen atoms in total. The highest BCUT2D eigenvalue weighted by Gasteiger charge is 2.34. The van der Waals surface area contributed by atoms with Crippen LogP contribution in [0.15, 0.2) is 47.6 Å². The maximum absolute atomic E-state index is 12.7. The van der Waals surface area contributed by atoms with Crippen molar-refractivity contribution >= 4 is 23.4 Å². The Morgan fingerprint density at radius 3 is 2.69 bits per heavy atom. The van der Waals surface area contributed by atoms with Gasteiger partial charge in [0.1, 0.15) is 11.5 Å². The second-order valence-electron chi connectivity index (χ2n) is 8.15. The fourth-order valence-corrected chi connectivity index (χ4v) is 4.87. The maximum Gasteiger partial charge on any atom is 0.234 e. The van der Waals surface area contributed by atoms with Crippen LogP contribution in [0, 0.1) is 0 Å². The fourth-order valence-electron chi connectivity index (χ4n) is 3.97. The van der Waals surface area contributed by atoms with Crippen LogP contribution in [0.1, 0.15) is 33.3 Å². The van der Waals surface area contributed by atoms with E-state index in [0.717, 1.165) is 23.0 Å². The number of hydrogen-bond donors (Lipinski definition) is 1. The summed E-state index contributed by atoms with van der Waals surface area (Å²) in [6, 6.07) is 13.7. The quantitative estimate of drug-likeness (QED) is 0.496. The molecule has 0 atom stereocenters. The lowest BCUT2D eigenvalue weighted by Crippen LogP contribution is -2.33. The van der Waals surface area contributed by atoms with Crippen molar-refractivity contribution in [2.75, 3.05) is 24.3 Å². The van der Waals surface area contributed by atoms with Crippen LogP contribution in [0.2, 0.25) is 0 Å². The van der Waals surface area contributed by atoms with E-state index < -0.39 is 0 Å². The number of amides is 1. The zero-order valence-corrected chi connectivity index (χ0v) is 19.7. The van der Waals surface area contributed by atoms with E-state index in [2.05, 4.69) is 52.1 Å². The molecule has 0 radical (unpaired) electrons. The third-order valence-corrected chi connectivity index (χ3v) is 6.22. The summed E-state index contributed by atoms with van der Waals surface area (Å²) < 4.78 is 13.4. The average molecular weight is 453 g/mol. The van der Waals surface area contributed by atoms with Gasteiger partial charge < -0.3 is 14.8 Å². The van der Waals surface area contributed by atoms with E-state index in [4.69, 9.17) is 9.47 Å². The summed E-state index contributed by atoms with van der Waals surface area (Å²) in [4.78, 5) is 12.7. The lowest BCUT2D eigenvalue weighted by molar-refractivity contribution is -0.113. The van der Waals surface area contributed by atoms with Crippen molar-refractivity contribution in [1.82, 2.24) is 14.8 Å². The third-order valence-electron chi connectivity index (χ3n) is 5.29. The molecule has 0 bridgehead atoms. The number of hydrogen-bond acceptors (Lipinski definition) is 6. The van der Waals surface area contributed by atoms with Gasteiger partial charge in [-0.2, -0.15) is 0 Å². The van der Waals surface area contributed by atoms with E-state index in [0.29, 0.717) is 30.4 Å². The van der Waals surface area contributed by atoms with Gasteiger partial charge in [-0.25, -0.2) is 0 Å². The summed E-state index contributed by atoms with van der Waals surface area (Å²) in [5.74, 6) is 2.24. The number of benzene rings is 2. The monoisotopic (exact) mass is 452 g/mol. The molecular formula is C24H28N4O3S. The second kappa shape index (κ2) is 9.24. The molecule has 1 aliphatic rings. The van der Waals surface area contributed by atoms with Crippen molar-refractivity contribution in [3.63, 3.8) is 0 Å². The van der Waals surface area contributed by atoms with Gasteiger partial charge >= 0.3 is 0 Å². The van der Waals surface area contributed by atoms with Crippen molar-refractivity contribution < 1.29 is 14.3 Å². The Balaban J connectivity index is 1.49. The SMILES string of the molecule is CCOc1ccc(NC(=O)CSc2nnc3n2C(C)(C)Cc2ccccc2-3)c(OCC)c1. The number of anilines is 1. The van der Waals surface area contributed by atoms with Gasteiger partial charge in [0.25, 0.3) is 0 Å². The first kappa shape index (κ1) is 22.2. The van der Waals surface area contributed by atoms with Crippen LogP contribution >= 0.6 is 11.8 Å². The Bertz CT molecular complexity index is 1130. The number of rotatable bonds is 8. The molecule has 8 heteroatoms. The first-order valence-electron chi connectivity index (χ1n) is 10.8. The molecule has 0 spiro atoms. The molecule has 0 unspecified atom stereocenters. The summed E-state index contributed by atoms with van der Waals surface area (Å²) in [6.07, 6.45) is 0.887. The highest BCUT2D eigenvalue weighted by molar-refractivity contribution is 7.99. The van der Waals surface area contributed by atoms with Crippen LogP contribution in [-0.4, -0.2) is 39.6 Å². The molecule has 2 aromatic carbocycles. The Kier molecular flexibility index (Phi) is 6.41. The van der Waals surface area contributed by atoms with Crippen LogP contribution < -0.4 is 14.8 Å². The second-order valence-corrected chi connectivity index (χ2v) is 9.09. The third kappa shape index (κ3) is 4.46. The summed E-state index contributed by atoms with van der Waals surface area (Å²) in [7, 11) is 0. The summed E-state index contributed by atoms with van der Waals surface area (Å²) in [5.41, 5.74) is 2.82. The molecule has 32 heavy (non-hydrogen) atoms. The van der Waals surface area contributed by atoms with Crippen molar-refractivity contribution in [1.29, 1.82) is 0 Å². The highest BCUT2D eigenvalue weighted by atomic mass is 32.2. The molecule has 1 amide bonds. The molecule has 3 aromatic rings. The molecule has 0 aliphatic carbocycles. The van der Waals surface area contributed by atoms with Gasteiger partial charge in [-0.15, -0.1) is 10.2 Å². The number of carbonyl (C=O) groups is 1. The number of ether oxygens (including phenoxy) is 2. The molecule has 0 saturated carbocycles. The zero-order valence-electron chi connectivity index (χ0n) is 18.8. The lowest BCUT2D eigenvalue weighted by Gasteiger charge is -2.34. The number of carbonyl (C=O) groups excluding carboxylic acids is 1. The Morgan fingerprint density at radius 2 is 1.91 bits per heavy atom. The highest BCUT2D eigenvalue weighted by Crippen LogP contribution is 2.39. The fraction of sp³-hybridized carbons (Fsp3) is 0.375. The minimum atomic E-state index is -0.177. The van der Waals surface area contributed by atoms with Gasteiger partial charge in [0.05, 0.1) is 24.7 Å². The lowest BCUT2D eigenvalue weighted by atomic mass is 9.87. The maximum atomic E-state index is 12.7. The van der Waals surface area contributed by atoms with Gasteiger partial charge in [-0.1, -0.05) is 36.0 Å². The number of aromatic nitrogens is 3. The molecular weight excluding hydrogens is 424 g/mol. The predicted octanol–water partition coefficient (Wildman–Crippen LogP) is 4.76. The van der Waals surface area contributed by atoms with Gasteiger partial charge in [-0.3, -0.25) is 9.36 Å². The van der Waals surface area contributed by atoms with E-state index in [1.54, 1.807) is 12.1 Å². The summed E-state index contributed by atoms with van der Waals surface area (Å²) >= 11 is 1.39. The summed E-state index contributed by atoms with van der Waals surface area (Å²) in [6.45, 7) is 9.25. The van der Waals surface area contributed by atoms with Crippen LogP contribution in [0.4, 0.5) is 5.69 Å². The Labute approximate surface area is 192 Å². The molecule has 1 aromatic heterocycles. The topological polar surface area (TPSA) is 78.3 Å². The molecule has 1 N–H and O–H groups in total. The number of nitrogens with one attached hydrogen (secondary N) is 1. The van der Waals surface area contributed by atoms with Gasteiger partial charge in [-0.05, 0) is 51.8 Å². The minimum absolute atomic E-state index is 0.133. The normalized spacial score (nSPS) is 13.8. The number of thioether (sulfide) groups is 1. The van der Waals surface area contributed by atoms with E-state index in [1.807, 2.05) is 26.0 Å². The van der Waals surface area contributed by atoms with Crippen LogP contribution in [-0.2, 0) is 16.8 Å². The largest absolute Gasteiger partial charge is 0.494 e. The molecule has 0 fully saturated rings. The van der Waals surface area contributed by atoms with Crippen molar-refractivity contribution in [3.05, 3.63) is 48.0 Å². The van der Waals surface area contributed by atoms with Crippen molar-refractivity contribution in [2.24, 2.45) is 0 Å². The van der Waals surface area contributed by atoms with Crippen molar-refractivity contribution in [2.45, 2.75) is 44.8 Å².